The Hall–Kier alpha value is -1.43. The second kappa shape index (κ2) is 4.35. The molecule has 0 atom stereocenters. The summed E-state index contributed by atoms with van der Waals surface area (Å²) in [6, 6.07) is 4.09. The Morgan fingerprint density at radius 1 is 1.22 bits per heavy atom. The van der Waals surface area contributed by atoms with Crippen LogP contribution in [0.5, 0.6) is 0 Å². The van der Waals surface area contributed by atoms with Crippen molar-refractivity contribution in [2.45, 2.75) is 12.2 Å². The molecule has 0 amide bonds. The summed E-state index contributed by atoms with van der Waals surface area (Å²) in [6.45, 7) is 1.46. The van der Waals surface area contributed by atoms with Gasteiger partial charge in [-0.15, -0.1) is 0 Å². The van der Waals surface area contributed by atoms with Gasteiger partial charge in [0.25, 0.3) is 0 Å². The van der Waals surface area contributed by atoms with E-state index in [0.29, 0.717) is 11.7 Å². The molecule has 2 rings (SSSR count). The molecule has 0 saturated carbocycles. The van der Waals surface area contributed by atoms with Crippen molar-refractivity contribution in [3.05, 3.63) is 23.8 Å². The Kier molecular flexibility index (Phi) is 3.14. The summed E-state index contributed by atoms with van der Waals surface area (Å²) >= 11 is 0. The molecule has 1 aliphatic heterocycles. The molecule has 1 fully saturated rings. The van der Waals surface area contributed by atoms with E-state index in [1.165, 1.54) is 0 Å². The van der Waals surface area contributed by atoms with Crippen LogP contribution in [0.1, 0.15) is 5.56 Å². The van der Waals surface area contributed by atoms with Gasteiger partial charge in [-0.25, -0.2) is 0 Å². The number of halogens is 3. The molecule has 0 unspecified atom stereocenters. The lowest BCUT2D eigenvalue weighted by molar-refractivity contribution is -0.137. The maximum Gasteiger partial charge on any atom is 0.416 e. The molecular formula is C12H16F3N3. The van der Waals surface area contributed by atoms with Crippen LogP contribution >= 0.6 is 0 Å². The highest BCUT2D eigenvalue weighted by Crippen LogP contribution is 2.35. The SMILES string of the molecule is CN(C)C1CN(c2cc(N)cc(C(F)(F)F)c2)C1. The van der Waals surface area contributed by atoms with Gasteiger partial charge in [-0.2, -0.15) is 13.2 Å². The molecule has 3 nitrogen and oxygen atoms in total. The molecule has 6 heteroatoms. The topological polar surface area (TPSA) is 32.5 Å². The number of likely N-dealkylation sites (N-methyl/N-ethyl adjacent to an activating group) is 1. The molecule has 0 aromatic heterocycles. The first-order chi connectivity index (χ1) is 8.27. The molecule has 1 aliphatic rings. The van der Waals surface area contributed by atoms with Gasteiger partial charge in [-0.3, -0.25) is 0 Å². The molecule has 0 bridgehead atoms. The predicted molar refractivity (Wildman–Crippen MR) is 65.5 cm³/mol. The van der Waals surface area contributed by atoms with Gasteiger partial charge in [0.2, 0.25) is 0 Å². The fourth-order valence-corrected chi connectivity index (χ4v) is 1.97. The maximum absolute atomic E-state index is 12.7. The molecule has 100 valence electrons. The number of benzene rings is 1. The number of nitrogens with zero attached hydrogens (tertiary/aromatic N) is 2. The minimum absolute atomic E-state index is 0.146. The Balaban J connectivity index is 2.18. The zero-order chi connectivity index (χ0) is 13.5. The largest absolute Gasteiger partial charge is 0.416 e. The number of hydrogen-bond acceptors (Lipinski definition) is 3. The minimum atomic E-state index is -4.35. The van der Waals surface area contributed by atoms with Gasteiger partial charge in [0.15, 0.2) is 0 Å². The summed E-state index contributed by atoms with van der Waals surface area (Å²) in [5, 5.41) is 0. The number of nitrogens with two attached hydrogens (primary N) is 1. The van der Waals surface area contributed by atoms with Gasteiger partial charge >= 0.3 is 6.18 Å². The Bertz CT molecular complexity index is 437. The predicted octanol–water partition coefficient (Wildman–Crippen LogP) is 2.04. The van der Waals surface area contributed by atoms with Crippen LogP contribution in [-0.2, 0) is 6.18 Å². The first-order valence-corrected chi connectivity index (χ1v) is 5.66. The van der Waals surface area contributed by atoms with Crippen molar-refractivity contribution in [1.29, 1.82) is 0 Å². The van der Waals surface area contributed by atoms with E-state index in [0.717, 1.165) is 25.2 Å². The average molecular weight is 259 g/mol. The van der Waals surface area contributed by atoms with Gasteiger partial charge in [-0.1, -0.05) is 0 Å². The van der Waals surface area contributed by atoms with E-state index in [9.17, 15) is 13.2 Å². The van der Waals surface area contributed by atoms with Crippen molar-refractivity contribution in [2.24, 2.45) is 0 Å². The monoisotopic (exact) mass is 259 g/mol. The van der Waals surface area contributed by atoms with Crippen molar-refractivity contribution in [1.82, 2.24) is 4.90 Å². The van der Waals surface area contributed by atoms with E-state index in [2.05, 4.69) is 4.90 Å². The molecule has 0 radical (unpaired) electrons. The highest BCUT2D eigenvalue weighted by Gasteiger charge is 2.33. The lowest BCUT2D eigenvalue weighted by Crippen LogP contribution is -2.57. The van der Waals surface area contributed by atoms with E-state index in [1.807, 2.05) is 19.0 Å². The van der Waals surface area contributed by atoms with Crippen LogP contribution in [0.15, 0.2) is 18.2 Å². The summed E-state index contributed by atoms with van der Waals surface area (Å²) in [5.41, 5.74) is 5.53. The summed E-state index contributed by atoms with van der Waals surface area (Å²) in [4.78, 5) is 3.96. The summed E-state index contributed by atoms with van der Waals surface area (Å²) in [6.07, 6.45) is -4.35. The van der Waals surface area contributed by atoms with Crippen molar-refractivity contribution in [3.8, 4) is 0 Å². The maximum atomic E-state index is 12.7. The van der Waals surface area contributed by atoms with Crippen molar-refractivity contribution >= 4 is 11.4 Å². The molecule has 1 aromatic carbocycles. The van der Waals surface area contributed by atoms with Crippen LogP contribution < -0.4 is 10.6 Å². The zero-order valence-electron chi connectivity index (χ0n) is 10.3. The molecule has 0 spiro atoms. The number of alkyl halides is 3. The fraction of sp³-hybridized carbons (Fsp3) is 0.500. The van der Waals surface area contributed by atoms with Crippen LogP contribution in [0.25, 0.3) is 0 Å². The van der Waals surface area contributed by atoms with Crippen LogP contribution in [0, 0.1) is 0 Å². The van der Waals surface area contributed by atoms with Gasteiger partial charge in [0.1, 0.15) is 0 Å². The van der Waals surface area contributed by atoms with Gasteiger partial charge < -0.3 is 15.5 Å². The standard InChI is InChI=1S/C12H16F3N3/c1-17(2)11-6-18(7-11)10-4-8(12(13,14)15)3-9(16)5-10/h3-5,11H,6-7,16H2,1-2H3. The number of rotatable bonds is 2. The fourth-order valence-electron chi connectivity index (χ4n) is 1.97. The van der Waals surface area contributed by atoms with E-state index in [-0.39, 0.29) is 5.69 Å². The van der Waals surface area contributed by atoms with Crippen molar-refractivity contribution in [2.75, 3.05) is 37.8 Å². The summed E-state index contributed by atoms with van der Waals surface area (Å²) in [7, 11) is 3.92. The van der Waals surface area contributed by atoms with Crippen LogP contribution in [0.4, 0.5) is 24.5 Å². The quantitative estimate of drug-likeness (QED) is 0.825. The average Bonchev–Trinajstić information content (AvgIpc) is 2.11. The smallest absolute Gasteiger partial charge is 0.399 e. The lowest BCUT2D eigenvalue weighted by atomic mass is 10.0. The summed E-state index contributed by atoms with van der Waals surface area (Å²) in [5.74, 6) is 0. The van der Waals surface area contributed by atoms with Gasteiger partial charge in [0, 0.05) is 30.5 Å². The Labute approximate surface area is 104 Å². The third-order valence-electron chi connectivity index (χ3n) is 3.23. The van der Waals surface area contributed by atoms with Crippen molar-refractivity contribution < 1.29 is 13.2 Å². The Morgan fingerprint density at radius 3 is 2.33 bits per heavy atom. The summed E-state index contributed by atoms with van der Waals surface area (Å²) < 4.78 is 38.0. The zero-order valence-corrected chi connectivity index (χ0v) is 10.3. The molecule has 18 heavy (non-hydrogen) atoms. The molecule has 1 aromatic rings. The Morgan fingerprint density at radius 2 is 1.83 bits per heavy atom. The minimum Gasteiger partial charge on any atom is -0.399 e. The van der Waals surface area contributed by atoms with E-state index in [1.54, 1.807) is 6.07 Å². The van der Waals surface area contributed by atoms with Crippen LogP contribution in [0.2, 0.25) is 0 Å². The van der Waals surface area contributed by atoms with Gasteiger partial charge in [-0.05, 0) is 32.3 Å². The second-order valence-corrected chi connectivity index (χ2v) is 4.83. The first-order valence-electron chi connectivity index (χ1n) is 5.66. The number of hydrogen-bond donors (Lipinski definition) is 1. The van der Waals surface area contributed by atoms with E-state index >= 15 is 0 Å². The van der Waals surface area contributed by atoms with Gasteiger partial charge in [0.05, 0.1) is 5.56 Å². The van der Waals surface area contributed by atoms with E-state index in [4.69, 9.17) is 5.73 Å². The first kappa shape index (κ1) is 13.0. The molecule has 0 aliphatic carbocycles. The molecule has 1 heterocycles. The lowest BCUT2D eigenvalue weighted by Gasteiger charge is -2.44. The van der Waals surface area contributed by atoms with Crippen LogP contribution in [0.3, 0.4) is 0 Å². The van der Waals surface area contributed by atoms with Crippen LogP contribution in [-0.4, -0.2) is 38.1 Å². The number of nitrogen functional groups attached to an aromatic ring is 1. The third-order valence-corrected chi connectivity index (χ3v) is 3.23. The van der Waals surface area contributed by atoms with E-state index < -0.39 is 11.7 Å². The highest BCUT2D eigenvalue weighted by molar-refractivity contribution is 5.60. The second-order valence-electron chi connectivity index (χ2n) is 4.83. The molecular weight excluding hydrogens is 243 g/mol. The number of anilines is 2. The molecule has 2 N–H and O–H groups in total. The highest BCUT2D eigenvalue weighted by atomic mass is 19.4. The third kappa shape index (κ3) is 2.53. The molecule has 1 saturated heterocycles. The van der Waals surface area contributed by atoms with Crippen molar-refractivity contribution in [3.63, 3.8) is 0 Å². The normalized spacial score (nSPS) is 17.1.